The highest BCUT2D eigenvalue weighted by molar-refractivity contribution is 7.85. The molecule has 0 radical (unpaired) electrons. The van der Waals surface area contributed by atoms with Gasteiger partial charge in [-0.05, 0) is 32.9 Å². The smallest absolute Gasteiger partial charge is 0.0363 e. The van der Waals surface area contributed by atoms with E-state index in [0.717, 1.165) is 37.7 Å². The first-order valence-corrected chi connectivity index (χ1v) is 9.13. The van der Waals surface area contributed by atoms with Crippen molar-refractivity contribution in [2.45, 2.75) is 39.4 Å². The van der Waals surface area contributed by atoms with Crippen molar-refractivity contribution in [2.24, 2.45) is 0 Å². The molecule has 1 aliphatic rings. The average molecular weight is 300 g/mol. The van der Waals surface area contributed by atoms with E-state index >= 15 is 0 Å². The van der Waals surface area contributed by atoms with E-state index in [0.29, 0.717) is 0 Å². The van der Waals surface area contributed by atoms with Crippen molar-refractivity contribution in [1.82, 2.24) is 10.2 Å². The molecule has 1 aromatic heterocycles. The Kier molecular flexibility index (Phi) is 5.17. The van der Waals surface area contributed by atoms with Crippen LogP contribution < -0.4 is 5.32 Å². The summed E-state index contributed by atoms with van der Waals surface area (Å²) in [4.78, 5) is 5.22. The highest BCUT2D eigenvalue weighted by Crippen LogP contribution is 2.19. The Bertz CT molecular complexity index is 427. The molecule has 108 valence electrons. The molecule has 1 fully saturated rings. The highest BCUT2D eigenvalue weighted by atomic mass is 32.2. The average Bonchev–Trinajstić information content (AvgIpc) is 2.77. The van der Waals surface area contributed by atoms with Gasteiger partial charge >= 0.3 is 0 Å². The number of nitrogens with one attached hydrogen (secondary N) is 1. The molecule has 0 amide bonds. The first-order chi connectivity index (χ1) is 8.92. The maximum Gasteiger partial charge on any atom is 0.0363 e. The lowest BCUT2D eigenvalue weighted by molar-refractivity contribution is 0.294. The number of hydrogen-bond acceptors (Lipinski definition) is 4. The molecular formula is C14H24N2OS2. The first-order valence-electron chi connectivity index (χ1n) is 6.82. The minimum Gasteiger partial charge on any atom is -0.307 e. The van der Waals surface area contributed by atoms with Crippen molar-refractivity contribution < 1.29 is 4.21 Å². The Balaban J connectivity index is 1.82. The molecule has 1 saturated heterocycles. The van der Waals surface area contributed by atoms with Crippen molar-refractivity contribution in [3.05, 3.63) is 21.9 Å². The fourth-order valence-corrected chi connectivity index (χ4v) is 4.14. The Labute approximate surface area is 122 Å². The van der Waals surface area contributed by atoms with Crippen LogP contribution in [0.25, 0.3) is 0 Å². The molecule has 19 heavy (non-hydrogen) atoms. The van der Waals surface area contributed by atoms with Crippen LogP contribution in [0.15, 0.2) is 12.1 Å². The summed E-state index contributed by atoms with van der Waals surface area (Å²) in [6.45, 7) is 10.5. The minimum atomic E-state index is -0.575. The predicted octanol–water partition coefficient (Wildman–Crippen LogP) is 2.20. The van der Waals surface area contributed by atoms with Gasteiger partial charge in [-0.2, -0.15) is 0 Å². The molecule has 0 bridgehead atoms. The molecule has 0 aromatic carbocycles. The fraction of sp³-hybridized carbons (Fsp3) is 0.714. The van der Waals surface area contributed by atoms with Crippen molar-refractivity contribution in [3.63, 3.8) is 0 Å². The Morgan fingerprint density at radius 2 is 1.89 bits per heavy atom. The van der Waals surface area contributed by atoms with Crippen LogP contribution in [0.1, 0.15) is 30.5 Å². The summed E-state index contributed by atoms with van der Waals surface area (Å²) in [6.07, 6.45) is 0. The van der Waals surface area contributed by atoms with Gasteiger partial charge in [-0.3, -0.25) is 9.11 Å². The van der Waals surface area contributed by atoms with Crippen LogP contribution in [-0.2, 0) is 23.9 Å². The molecule has 0 saturated carbocycles. The topological polar surface area (TPSA) is 32.3 Å². The molecule has 0 unspecified atom stereocenters. The van der Waals surface area contributed by atoms with Gasteiger partial charge in [0.1, 0.15) is 0 Å². The van der Waals surface area contributed by atoms with Crippen LogP contribution in [0, 0.1) is 0 Å². The maximum absolute atomic E-state index is 11.3. The third-order valence-electron chi connectivity index (χ3n) is 3.16. The quantitative estimate of drug-likeness (QED) is 0.925. The summed E-state index contributed by atoms with van der Waals surface area (Å²) in [5.74, 6) is 1.67. The second-order valence-corrected chi connectivity index (χ2v) is 9.04. The normalized spacial score (nSPS) is 18.9. The minimum absolute atomic E-state index is 0.168. The molecule has 2 rings (SSSR count). The number of hydrogen-bond donors (Lipinski definition) is 1. The monoisotopic (exact) mass is 300 g/mol. The second-order valence-electron chi connectivity index (χ2n) is 6.10. The lowest BCUT2D eigenvalue weighted by atomic mass is 10.1. The molecule has 2 heterocycles. The Morgan fingerprint density at radius 3 is 2.53 bits per heavy atom. The van der Waals surface area contributed by atoms with Crippen LogP contribution in [0.4, 0.5) is 0 Å². The van der Waals surface area contributed by atoms with Crippen molar-refractivity contribution in [3.8, 4) is 0 Å². The SMILES string of the molecule is CC(C)(C)NCc1ccc(CN2CCS(=O)CC2)s1. The third kappa shape index (κ3) is 5.34. The highest BCUT2D eigenvalue weighted by Gasteiger charge is 2.16. The fourth-order valence-electron chi connectivity index (χ4n) is 2.01. The largest absolute Gasteiger partial charge is 0.307 e. The van der Waals surface area contributed by atoms with Crippen LogP contribution >= 0.6 is 11.3 Å². The summed E-state index contributed by atoms with van der Waals surface area (Å²) >= 11 is 1.89. The molecular weight excluding hydrogens is 276 g/mol. The van der Waals surface area contributed by atoms with E-state index in [9.17, 15) is 4.21 Å². The van der Waals surface area contributed by atoms with Gasteiger partial charge in [-0.1, -0.05) is 0 Å². The standard InChI is InChI=1S/C14H24N2OS2/c1-14(2,3)15-10-12-4-5-13(18-12)11-16-6-8-19(17)9-7-16/h4-5,15H,6-11H2,1-3H3. The Hall–Kier alpha value is -0.230. The lowest BCUT2D eigenvalue weighted by Gasteiger charge is -2.25. The van der Waals surface area contributed by atoms with Gasteiger partial charge in [0.05, 0.1) is 0 Å². The summed E-state index contributed by atoms with van der Waals surface area (Å²) in [6, 6.07) is 4.46. The molecule has 0 atom stereocenters. The lowest BCUT2D eigenvalue weighted by Crippen LogP contribution is -2.36. The zero-order valence-corrected chi connectivity index (χ0v) is 13.7. The van der Waals surface area contributed by atoms with Gasteiger partial charge in [0, 0.05) is 63.8 Å². The molecule has 1 aliphatic heterocycles. The van der Waals surface area contributed by atoms with E-state index in [1.165, 1.54) is 9.75 Å². The third-order valence-corrected chi connectivity index (χ3v) is 5.51. The summed E-state index contributed by atoms with van der Waals surface area (Å²) in [5.41, 5.74) is 0.168. The van der Waals surface area contributed by atoms with E-state index in [-0.39, 0.29) is 5.54 Å². The molecule has 3 nitrogen and oxygen atoms in total. The van der Waals surface area contributed by atoms with Crippen LogP contribution in [-0.4, -0.2) is 39.2 Å². The first kappa shape index (κ1) is 15.2. The molecule has 0 aliphatic carbocycles. The van der Waals surface area contributed by atoms with Gasteiger partial charge in [0.25, 0.3) is 0 Å². The van der Waals surface area contributed by atoms with Gasteiger partial charge < -0.3 is 5.32 Å². The van der Waals surface area contributed by atoms with Gasteiger partial charge in [-0.25, -0.2) is 0 Å². The van der Waals surface area contributed by atoms with E-state index in [4.69, 9.17) is 0 Å². The van der Waals surface area contributed by atoms with E-state index in [2.05, 4.69) is 43.1 Å². The van der Waals surface area contributed by atoms with Crippen molar-refractivity contribution >= 4 is 22.1 Å². The number of nitrogens with zero attached hydrogens (tertiary/aromatic N) is 1. The zero-order chi connectivity index (χ0) is 13.9. The van der Waals surface area contributed by atoms with Gasteiger partial charge in [0.15, 0.2) is 0 Å². The molecule has 0 spiro atoms. The summed E-state index contributed by atoms with van der Waals surface area (Å²) in [5, 5.41) is 3.52. The summed E-state index contributed by atoms with van der Waals surface area (Å²) < 4.78 is 11.3. The van der Waals surface area contributed by atoms with Gasteiger partial charge in [-0.15, -0.1) is 11.3 Å². The predicted molar refractivity (Wildman–Crippen MR) is 84.1 cm³/mol. The van der Waals surface area contributed by atoms with Gasteiger partial charge in [0.2, 0.25) is 0 Å². The number of thiophene rings is 1. The molecule has 5 heteroatoms. The maximum atomic E-state index is 11.3. The molecule has 1 aromatic rings. The number of rotatable bonds is 4. The van der Waals surface area contributed by atoms with E-state index < -0.39 is 10.8 Å². The van der Waals surface area contributed by atoms with E-state index in [1.54, 1.807) is 0 Å². The zero-order valence-electron chi connectivity index (χ0n) is 12.1. The van der Waals surface area contributed by atoms with Crippen LogP contribution in [0.2, 0.25) is 0 Å². The Morgan fingerprint density at radius 1 is 1.26 bits per heavy atom. The summed E-state index contributed by atoms with van der Waals surface area (Å²) in [7, 11) is -0.575. The van der Waals surface area contributed by atoms with Crippen LogP contribution in [0.3, 0.4) is 0 Å². The van der Waals surface area contributed by atoms with Crippen LogP contribution in [0.5, 0.6) is 0 Å². The second kappa shape index (κ2) is 6.48. The molecule has 1 N–H and O–H groups in total. The van der Waals surface area contributed by atoms with E-state index in [1.807, 2.05) is 11.3 Å². The van der Waals surface area contributed by atoms with Crippen molar-refractivity contribution in [1.29, 1.82) is 0 Å². The van der Waals surface area contributed by atoms with Crippen molar-refractivity contribution in [2.75, 3.05) is 24.6 Å².